The van der Waals surface area contributed by atoms with E-state index in [1.807, 2.05) is 12.1 Å². The van der Waals surface area contributed by atoms with E-state index >= 15 is 0 Å². The summed E-state index contributed by atoms with van der Waals surface area (Å²) in [6, 6.07) is 3.73. The second kappa shape index (κ2) is 6.76. The molecule has 6 nitrogen and oxygen atoms in total. The monoisotopic (exact) mass is 354 g/mol. The van der Waals surface area contributed by atoms with Crippen LogP contribution >= 0.6 is 11.3 Å². The summed E-state index contributed by atoms with van der Waals surface area (Å²) in [5.74, 6) is 0.518. The fourth-order valence-electron chi connectivity index (χ4n) is 3.19. The van der Waals surface area contributed by atoms with Gasteiger partial charge in [-0.05, 0) is 42.5 Å². The summed E-state index contributed by atoms with van der Waals surface area (Å²) in [6.07, 6.45) is 7.25. The first-order valence-corrected chi connectivity index (χ1v) is 9.21. The second-order valence-electron chi connectivity index (χ2n) is 6.18. The number of hydrogen-bond acceptors (Lipinski definition) is 5. The molecule has 1 aliphatic rings. The fraction of sp³-hybridized carbons (Fsp3) is 0.333. The number of rotatable bonds is 5. The first kappa shape index (κ1) is 16.0. The van der Waals surface area contributed by atoms with Gasteiger partial charge in [0.2, 0.25) is 5.91 Å². The molecule has 2 N–H and O–H groups in total. The molecular formula is C18H18N4O2S. The molecule has 25 heavy (non-hydrogen) atoms. The average Bonchev–Trinajstić information content (AvgIpc) is 3.19. The molecule has 128 valence electrons. The third kappa shape index (κ3) is 3.32. The molecule has 0 saturated heterocycles. The molecule has 0 radical (unpaired) electrons. The van der Waals surface area contributed by atoms with Crippen LogP contribution < -0.4 is 10.9 Å². The number of carbonyl (C=O) groups excluding carboxylic acids is 1. The zero-order chi connectivity index (χ0) is 17.2. The number of aryl methyl sites for hydroxylation is 3. The van der Waals surface area contributed by atoms with Crippen LogP contribution in [-0.2, 0) is 30.6 Å². The number of nitrogens with one attached hydrogen (secondary N) is 2. The van der Waals surface area contributed by atoms with Crippen molar-refractivity contribution in [2.45, 2.75) is 38.6 Å². The Hall–Kier alpha value is -2.54. The largest absolute Gasteiger partial charge is 0.352 e. The zero-order valence-electron chi connectivity index (χ0n) is 13.7. The van der Waals surface area contributed by atoms with E-state index in [2.05, 4.69) is 20.3 Å². The molecule has 3 aromatic rings. The van der Waals surface area contributed by atoms with Crippen LogP contribution in [-0.4, -0.2) is 20.9 Å². The van der Waals surface area contributed by atoms with E-state index in [9.17, 15) is 9.59 Å². The van der Waals surface area contributed by atoms with Crippen molar-refractivity contribution in [3.05, 3.63) is 56.7 Å². The van der Waals surface area contributed by atoms with Gasteiger partial charge in [-0.25, -0.2) is 4.98 Å². The quantitative estimate of drug-likeness (QED) is 0.735. The standard InChI is InChI=1S/C18H18N4O2S/c23-15(20-10-11-6-8-19-9-7-11)5-4-14-21-17(24)16-12-2-1-3-13(12)25-18(16)22-14/h6-9H,1-5,10H2,(H,20,23)(H,21,22,24). The van der Waals surface area contributed by atoms with E-state index in [1.165, 1.54) is 10.4 Å². The summed E-state index contributed by atoms with van der Waals surface area (Å²) in [7, 11) is 0. The molecule has 0 aromatic carbocycles. The maximum Gasteiger partial charge on any atom is 0.259 e. The van der Waals surface area contributed by atoms with E-state index in [1.54, 1.807) is 23.7 Å². The van der Waals surface area contributed by atoms with Gasteiger partial charge >= 0.3 is 0 Å². The molecule has 4 rings (SSSR count). The number of thiophene rings is 1. The summed E-state index contributed by atoms with van der Waals surface area (Å²) < 4.78 is 0. The van der Waals surface area contributed by atoms with Crippen molar-refractivity contribution < 1.29 is 4.79 Å². The van der Waals surface area contributed by atoms with Gasteiger partial charge in [0.15, 0.2) is 0 Å². The number of amides is 1. The molecule has 0 spiro atoms. The van der Waals surface area contributed by atoms with Crippen molar-refractivity contribution in [3.63, 3.8) is 0 Å². The Bertz CT molecular complexity index is 978. The lowest BCUT2D eigenvalue weighted by atomic mass is 10.2. The second-order valence-corrected chi connectivity index (χ2v) is 7.27. The van der Waals surface area contributed by atoms with Gasteiger partial charge in [-0.15, -0.1) is 11.3 Å². The number of H-pyrrole nitrogens is 1. The molecule has 0 bridgehead atoms. The van der Waals surface area contributed by atoms with E-state index in [4.69, 9.17) is 0 Å². The Balaban J connectivity index is 1.41. The lowest BCUT2D eigenvalue weighted by Crippen LogP contribution is -2.23. The Kier molecular flexibility index (Phi) is 4.31. The van der Waals surface area contributed by atoms with Gasteiger partial charge in [-0.1, -0.05) is 0 Å². The van der Waals surface area contributed by atoms with Gasteiger partial charge in [0.25, 0.3) is 5.56 Å². The van der Waals surface area contributed by atoms with Crippen molar-refractivity contribution in [1.29, 1.82) is 0 Å². The maximum atomic E-state index is 12.4. The van der Waals surface area contributed by atoms with Gasteiger partial charge in [-0.2, -0.15) is 0 Å². The Labute approximate surface area is 148 Å². The van der Waals surface area contributed by atoms with Crippen LogP contribution in [0.5, 0.6) is 0 Å². The molecule has 1 aliphatic carbocycles. The minimum atomic E-state index is -0.0726. The van der Waals surface area contributed by atoms with Crippen LogP contribution in [0.3, 0.4) is 0 Å². The van der Waals surface area contributed by atoms with Gasteiger partial charge in [0.1, 0.15) is 10.7 Å². The van der Waals surface area contributed by atoms with Gasteiger partial charge < -0.3 is 10.3 Å². The predicted octanol–water partition coefficient (Wildman–Crippen LogP) is 2.12. The normalized spacial score (nSPS) is 13.1. The van der Waals surface area contributed by atoms with Crippen LogP contribution in [0.15, 0.2) is 29.3 Å². The van der Waals surface area contributed by atoms with Crippen molar-refractivity contribution >= 4 is 27.5 Å². The van der Waals surface area contributed by atoms with E-state index < -0.39 is 0 Å². The highest BCUT2D eigenvalue weighted by Crippen LogP contribution is 2.34. The van der Waals surface area contributed by atoms with Gasteiger partial charge in [-0.3, -0.25) is 14.6 Å². The van der Waals surface area contributed by atoms with Gasteiger partial charge in [0.05, 0.1) is 5.39 Å². The first-order chi connectivity index (χ1) is 12.2. The molecule has 3 aromatic heterocycles. The number of aromatic nitrogens is 3. The lowest BCUT2D eigenvalue weighted by Gasteiger charge is -2.05. The van der Waals surface area contributed by atoms with Crippen molar-refractivity contribution in [2.24, 2.45) is 0 Å². The maximum absolute atomic E-state index is 12.4. The minimum absolute atomic E-state index is 0.0618. The highest BCUT2D eigenvalue weighted by Gasteiger charge is 2.21. The number of aromatic amines is 1. The molecule has 0 unspecified atom stereocenters. The summed E-state index contributed by atoms with van der Waals surface area (Å²) in [5.41, 5.74) is 2.11. The highest BCUT2D eigenvalue weighted by molar-refractivity contribution is 7.18. The molecule has 1 amide bonds. The zero-order valence-corrected chi connectivity index (χ0v) is 14.5. The Morgan fingerprint density at radius 2 is 2.12 bits per heavy atom. The topological polar surface area (TPSA) is 87.7 Å². The van der Waals surface area contributed by atoms with E-state index in [0.29, 0.717) is 25.2 Å². The van der Waals surface area contributed by atoms with Crippen LogP contribution in [0, 0.1) is 0 Å². The molecule has 7 heteroatoms. The van der Waals surface area contributed by atoms with Crippen LogP contribution in [0.2, 0.25) is 0 Å². The number of carbonyl (C=O) groups is 1. The van der Waals surface area contributed by atoms with Crippen molar-refractivity contribution in [2.75, 3.05) is 0 Å². The summed E-state index contributed by atoms with van der Waals surface area (Å²) >= 11 is 1.62. The SMILES string of the molecule is O=C(CCc1nc2sc3c(c2c(=O)[nH]1)CCC3)NCc1ccncc1. The van der Waals surface area contributed by atoms with Crippen molar-refractivity contribution in [3.8, 4) is 0 Å². The van der Waals surface area contributed by atoms with E-state index in [0.717, 1.165) is 35.0 Å². The van der Waals surface area contributed by atoms with Crippen LogP contribution in [0.25, 0.3) is 10.2 Å². The Morgan fingerprint density at radius 1 is 1.28 bits per heavy atom. The Morgan fingerprint density at radius 3 is 2.96 bits per heavy atom. The molecule has 0 saturated carbocycles. The first-order valence-electron chi connectivity index (χ1n) is 8.40. The minimum Gasteiger partial charge on any atom is -0.352 e. The van der Waals surface area contributed by atoms with Crippen LogP contribution in [0.1, 0.15) is 34.7 Å². The highest BCUT2D eigenvalue weighted by atomic mass is 32.1. The molecular weight excluding hydrogens is 336 g/mol. The number of fused-ring (bicyclic) bond motifs is 3. The number of hydrogen-bond donors (Lipinski definition) is 2. The molecule has 3 heterocycles. The fourth-order valence-corrected chi connectivity index (χ4v) is 4.47. The van der Waals surface area contributed by atoms with Crippen LogP contribution in [0.4, 0.5) is 0 Å². The summed E-state index contributed by atoms with van der Waals surface area (Å²) in [4.78, 5) is 37.8. The lowest BCUT2D eigenvalue weighted by molar-refractivity contribution is -0.121. The van der Waals surface area contributed by atoms with Gasteiger partial charge in [0, 0.05) is 36.7 Å². The third-order valence-electron chi connectivity index (χ3n) is 4.45. The number of pyridine rings is 1. The third-order valence-corrected chi connectivity index (χ3v) is 5.64. The molecule has 0 fully saturated rings. The predicted molar refractivity (Wildman–Crippen MR) is 96.7 cm³/mol. The summed E-state index contributed by atoms with van der Waals surface area (Å²) in [5, 5.41) is 3.62. The number of nitrogens with zero attached hydrogens (tertiary/aromatic N) is 2. The molecule has 0 aliphatic heterocycles. The summed E-state index contributed by atoms with van der Waals surface area (Å²) in [6.45, 7) is 0.474. The van der Waals surface area contributed by atoms with Crippen molar-refractivity contribution in [1.82, 2.24) is 20.3 Å². The van der Waals surface area contributed by atoms with E-state index in [-0.39, 0.29) is 11.5 Å². The molecule has 0 atom stereocenters. The smallest absolute Gasteiger partial charge is 0.259 e. The average molecular weight is 354 g/mol.